The van der Waals surface area contributed by atoms with Gasteiger partial charge in [0.1, 0.15) is 0 Å². The van der Waals surface area contributed by atoms with Gasteiger partial charge >= 0.3 is 0 Å². The van der Waals surface area contributed by atoms with Crippen molar-refractivity contribution in [1.82, 2.24) is 19.0 Å². The molecule has 0 atom stereocenters. The second-order valence-electron chi connectivity index (χ2n) is 5.95. The average Bonchev–Trinajstić information content (AvgIpc) is 3.23. The molecule has 2 aromatic heterocycles. The van der Waals surface area contributed by atoms with Gasteiger partial charge in [0.2, 0.25) is 5.09 Å². The zero-order valence-corrected chi connectivity index (χ0v) is 15.2. The maximum Gasteiger partial charge on any atom is 0.284 e. The Hall–Kier alpha value is -2.66. The quantitative estimate of drug-likeness (QED) is 0.764. The van der Waals surface area contributed by atoms with Crippen LogP contribution in [0.2, 0.25) is 0 Å². The fourth-order valence-corrected chi connectivity index (χ4v) is 4.06. The molecule has 2 aromatic rings. The lowest BCUT2D eigenvalue weighted by atomic mass is 10.2. The predicted molar refractivity (Wildman–Crippen MR) is 89.8 cm³/mol. The van der Waals surface area contributed by atoms with Crippen LogP contribution in [0.3, 0.4) is 0 Å². The molecule has 1 aliphatic rings. The van der Waals surface area contributed by atoms with Gasteiger partial charge in [-0.15, -0.1) is 0 Å². The van der Waals surface area contributed by atoms with Crippen LogP contribution in [0, 0.1) is 6.92 Å². The minimum Gasteiger partial charge on any atom is -0.438 e. The van der Waals surface area contributed by atoms with E-state index in [2.05, 4.69) is 5.10 Å². The number of amides is 2. The van der Waals surface area contributed by atoms with Crippen molar-refractivity contribution < 1.29 is 22.4 Å². The van der Waals surface area contributed by atoms with Gasteiger partial charge in [-0.1, -0.05) is 0 Å². The molecule has 1 saturated heterocycles. The van der Waals surface area contributed by atoms with Gasteiger partial charge < -0.3 is 15.1 Å². The number of carbonyl (C=O) groups excluding carboxylic acids is 2. The fourth-order valence-electron chi connectivity index (χ4n) is 2.73. The van der Waals surface area contributed by atoms with Crippen molar-refractivity contribution in [3.63, 3.8) is 0 Å². The average molecular weight is 381 g/mol. The third kappa shape index (κ3) is 3.10. The normalized spacial score (nSPS) is 16.0. The molecular weight excluding hydrogens is 362 g/mol. The largest absolute Gasteiger partial charge is 0.438 e. The second kappa shape index (κ2) is 6.57. The standard InChI is InChI=1S/C15H19N5O5S/c1-10-11(9-17-18(10)2)15(22)19-5-7-20(8-6-19)26(23,24)13-4-3-12(25-13)14(16)21/h3-4,9H,5-8H2,1-2H3,(H2,16,21). The molecule has 11 heteroatoms. The number of rotatable bonds is 4. The number of furan rings is 1. The van der Waals surface area contributed by atoms with Crippen LogP contribution >= 0.6 is 0 Å². The van der Waals surface area contributed by atoms with E-state index < -0.39 is 15.9 Å². The van der Waals surface area contributed by atoms with E-state index in [0.717, 1.165) is 5.69 Å². The summed E-state index contributed by atoms with van der Waals surface area (Å²) >= 11 is 0. The summed E-state index contributed by atoms with van der Waals surface area (Å²) in [6.07, 6.45) is 1.51. The Morgan fingerprint density at radius 2 is 1.85 bits per heavy atom. The van der Waals surface area contributed by atoms with Crippen LogP contribution in [-0.2, 0) is 17.1 Å². The molecule has 140 valence electrons. The number of aryl methyl sites for hydroxylation is 1. The van der Waals surface area contributed by atoms with Crippen LogP contribution in [0.25, 0.3) is 0 Å². The van der Waals surface area contributed by atoms with Gasteiger partial charge in [0, 0.05) is 38.9 Å². The van der Waals surface area contributed by atoms with Crippen molar-refractivity contribution >= 4 is 21.8 Å². The molecule has 1 fully saturated rings. The maximum atomic E-state index is 12.6. The molecule has 26 heavy (non-hydrogen) atoms. The number of sulfonamides is 1. The number of hydrogen-bond donors (Lipinski definition) is 1. The first-order chi connectivity index (χ1) is 12.2. The molecule has 0 aromatic carbocycles. The molecule has 0 bridgehead atoms. The molecular formula is C15H19N5O5S. The number of hydrogen-bond acceptors (Lipinski definition) is 6. The summed E-state index contributed by atoms with van der Waals surface area (Å²) in [5, 5.41) is 3.72. The van der Waals surface area contributed by atoms with Crippen molar-refractivity contribution in [2.75, 3.05) is 26.2 Å². The van der Waals surface area contributed by atoms with Gasteiger partial charge in [-0.2, -0.15) is 9.40 Å². The molecule has 0 aliphatic carbocycles. The number of carbonyl (C=O) groups is 2. The highest BCUT2D eigenvalue weighted by molar-refractivity contribution is 7.89. The topological polar surface area (TPSA) is 132 Å². The van der Waals surface area contributed by atoms with Crippen molar-refractivity contribution in [2.24, 2.45) is 12.8 Å². The molecule has 1 aliphatic heterocycles. The molecule has 0 radical (unpaired) electrons. The van der Waals surface area contributed by atoms with Gasteiger partial charge in [0.05, 0.1) is 11.8 Å². The summed E-state index contributed by atoms with van der Waals surface area (Å²) in [7, 11) is -2.14. The second-order valence-corrected chi connectivity index (χ2v) is 7.82. The van der Waals surface area contributed by atoms with Crippen LogP contribution in [0.15, 0.2) is 27.8 Å². The van der Waals surface area contributed by atoms with Crippen molar-refractivity contribution in [1.29, 1.82) is 0 Å². The SMILES string of the molecule is Cc1c(C(=O)N2CCN(S(=O)(=O)c3ccc(C(N)=O)o3)CC2)cnn1C. The molecule has 3 heterocycles. The minimum absolute atomic E-state index is 0.125. The highest BCUT2D eigenvalue weighted by atomic mass is 32.2. The van der Waals surface area contributed by atoms with Crippen LogP contribution in [0.1, 0.15) is 26.6 Å². The fraction of sp³-hybridized carbons (Fsp3) is 0.400. The summed E-state index contributed by atoms with van der Waals surface area (Å²) < 4.78 is 33.0. The van der Waals surface area contributed by atoms with E-state index in [0.29, 0.717) is 5.56 Å². The summed E-state index contributed by atoms with van der Waals surface area (Å²) in [5.41, 5.74) is 6.33. The summed E-state index contributed by atoms with van der Waals surface area (Å²) in [6.45, 7) is 2.54. The van der Waals surface area contributed by atoms with Crippen LogP contribution < -0.4 is 5.73 Å². The van der Waals surface area contributed by atoms with E-state index in [1.54, 1.807) is 23.6 Å². The number of nitrogens with two attached hydrogens (primary N) is 1. The summed E-state index contributed by atoms with van der Waals surface area (Å²) in [6, 6.07) is 2.42. The molecule has 0 saturated carbocycles. The Morgan fingerprint density at radius 1 is 1.19 bits per heavy atom. The van der Waals surface area contributed by atoms with Crippen LogP contribution in [0.5, 0.6) is 0 Å². The smallest absolute Gasteiger partial charge is 0.284 e. The monoisotopic (exact) mass is 381 g/mol. The van der Waals surface area contributed by atoms with Crippen molar-refractivity contribution in [2.45, 2.75) is 12.0 Å². The van der Waals surface area contributed by atoms with E-state index in [4.69, 9.17) is 10.2 Å². The third-order valence-corrected chi connectivity index (χ3v) is 6.18. The lowest BCUT2D eigenvalue weighted by molar-refractivity contribution is 0.0695. The van der Waals surface area contributed by atoms with E-state index in [1.165, 1.54) is 22.6 Å². The van der Waals surface area contributed by atoms with E-state index in [-0.39, 0.29) is 42.9 Å². The molecule has 3 rings (SSSR count). The first-order valence-corrected chi connectivity index (χ1v) is 9.33. The van der Waals surface area contributed by atoms with E-state index in [1.807, 2.05) is 0 Å². The highest BCUT2D eigenvalue weighted by Crippen LogP contribution is 2.21. The molecule has 2 N–H and O–H groups in total. The number of piperazine rings is 1. The van der Waals surface area contributed by atoms with Gasteiger partial charge in [-0.3, -0.25) is 14.3 Å². The van der Waals surface area contributed by atoms with E-state index >= 15 is 0 Å². The van der Waals surface area contributed by atoms with E-state index in [9.17, 15) is 18.0 Å². The first-order valence-electron chi connectivity index (χ1n) is 7.89. The number of primary amides is 1. The van der Waals surface area contributed by atoms with Crippen LogP contribution in [-0.4, -0.2) is 65.4 Å². The Kier molecular flexibility index (Phi) is 4.59. The predicted octanol–water partition coefficient (Wildman–Crippen LogP) is -0.433. The van der Waals surface area contributed by atoms with Gasteiger partial charge in [-0.25, -0.2) is 8.42 Å². The number of nitrogens with zero attached hydrogens (tertiary/aromatic N) is 4. The third-order valence-electron chi connectivity index (χ3n) is 4.41. The van der Waals surface area contributed by atoms with Crippen LogP contribution in [0.4, 0.5) is 0 Å². The Morgan fingerprint density at radius 3 is 2.35 bits per heavy atom. The zero-order valence-electron chi connectivity index (χ0n) is 14.4. The van der Waals surface area contributed by atoms with Crippen molar-refractivity contribution in [3.8, 4) is 0 Å². The molecule has 2 amide bonds. The highest BCUT2D eigenvalue weighted by Gasteiger charge is 2.33. The molecule has 0 unspecified atom stereocenters. The van der Waals surface area contributed by atoms with Gasteiger partial charge in [0.15, 0.2) is 5.76 Å². The molecule has 0 spiro atoms. The lowest BCUT2D eigenvalue weighted by Crippen LogP contribution is -2.50. The van der Waals surface area contributed by atoms with Gasteiger partial charge in [-0.05, 0) is 19.1 Å². The zero-order chi connectivity index (χ0) is 19.1. The molecule has 10 nitrogen and oxygen atoms in total. The number of aromatic nitrogens is 2. The van der Waals surface area contributed by atoms with Gasteiger partial charge in [0.25, 0.3) is 21.8 Å². The van der Waals surface area contributed by atoms with Crippen molar-refractivity contribution in [3.05, 3.63) is 35.3 Å². The summed E-state index contributed by atoms with van der Waals surface area (Å²) in [4.78, 5) is 25.2. The lowest BCUT2D eigenvalue weighted by Gasteiger charge is -2.33. The maximum absolute atomic E-state index is 12.6. The Balaban J connectivity index is 1.70. The summed E-state index contributed by atoms with van der Waals surface area (Å²) in [5.74, 6) is -1.24. The Bertz CT molecular complexity index is 953. The Labute approximate surface area is 150 Å². The minimum atomic E-state index is -3.89. The first kappa shape index (κ1) is 18.1.